The number of hydrogen-bond acceptors (Lipinski definition) is 3. The zero-order valence-electron chi connectivity index (χ0n) is 4.91. The van der Waals surface area contributed by atoms with Crippen LogP contribution >= 0.6 is 11.3 Å². The summed E-state index contributed by atoms with van der Waals surface area (Å²) < 4.78 is 53.2. The molecule has 0 fully saturated rings. The monoisotopic (exact) mass is 200 g/mol. The molecule has 62 valence electrons. The van der Waals surface area contributed by atoms with E-state index in [1.165, 1.54) is 0 Å². The minimum absolute atomic E-state index is 0.277. The van der Waals surface area contributed by atoms with Crippen molar-refractivity contribution in [3.05, 3.63) is 16.3 Å². The minimum atomic E-state index is -4.62. The van der Waals surface area contributed by atoms with Crippen molar-refractivity contribution >= 4 is 21.5 Å². The van der Waals surface area contributed by atoms with E-state index in [1.807, 2.05) is 0 Å². The van der Waals surface area contributed by atoms with Gasteiger partial charge in [0.1, 0.15) is 4.90 Å². The van der Waals surface area contributed by atoms with Crippen LogP contribution in [0.4, 0.5) is 8.78 Å². The van der Waals surface area contributed by atoms with Crippen LogP contribution in [-0.4, -0.2) is 13.0 Å². The third-order valence-corrected chi connectivity index (χ3v) is 2.68. The minimum Gasteiger partial charge on any atom is -0.282 e. The van der Waals surface area contributed by atoms with Gasteiger partial charge in [0.2, 0.25) is 5.13 Å². The zero-order valence-corrected chi connectivity index (χ0v) is 6.55. The second-order valence-electron chi connectivity index (χ2n) is 1.66. The fraction of sp³-hybridized carbons (Fsp3) is 0. The lowest BCUT2D eigenvalue weighted by Gasteiger charge is -1.88. The maximum Gasteiger partial charge on any atom is 0.298 e. The highest BCUT2D eigenvalue weighted by atomic mass is 32.2. The maximum absolute atomic E-state index is 12.4. The van der Waals surface area contributed by atoms with Crippen LogP contribution in [0.15, 0.2) is 10.3 Å². The molecule has 0 aromatic carbocycles. The maximum atomic E-state index is 12.4. The molecule has 0 saturated heterocycles. The first-order chi connectivity index (χ1) is 4.93. The van der Waals surface area contributed by atoms with E-state index in [-0.39, 0.29) is 11.3 Å². The first kappa shape index (κ1) is 8.57. The lowest BCUT2D eigenvalue weighted by molar-refractivity contribution is 0.463. The molecule has 0 aliphatic heterocycles. The van der Waals surface area contributed by atoms with E-state index in [2.05, 4.69) is 0 Å². The summed E-state index contributed by atoms with van der Waals surface area (Å²) >= 11 is 0.277. The van der Waals surface area contributed by atoms with Crippen molar-refractivity contribution in [2.24, 2.45) is 0 Å². The van der Waals surface area contributed by atoms with Crippen LogP contribution in [0.3, 0.4) is 0 Å². The molecule has 0 unspecified atom stereocenters. The van der Waals surface area contributed by atoms with Crippen molar-refractivity contribution in [3.8, 4) is 0 Å². The normalized spacial score (nSPS) is 11.9. The molecule has 0 aliphatic carbocycles. The van der Waals surface area contributed by atoms with Gasteiger partial charge in [-0.3, -0.25) is 4.55 Å². The Morgan fingerprint density at radius 3 is 2.18 bits per heavy atom. The van der Waals surface area contributed by atoms with Crippen molar-refractivity contribution < 1.29 is 21.8 Å². The molecule has 1 aromatic rings. The molecule has 0 bridgehead atoms. The molecule has 3 nitrogen and oxygen atoms in total. The average molecular weight is 200 g/mol. The average Bonchev–Trinajstić information content (AvgIpc) is 2.11. The molecule has 0 aliphatic rings. The van der Waals surface area contributed by atoms with Crippen LogP contribution in [0.25, 0.3) is 0 Å². The standard InChI is InChI=1S/C4H2F2O3S2/c5-3-2(11(7,8)9)1-10-4(3)6/h1H,(H,7,8,9). The molecule has 1 N–H and O–H groups in total. The Labute approximate surface area is 65.0 Å². The van der Waals surface area contributed by atoms with Crippen molar-refractivity contribution in [1.82, 2.24) is 0 Å². The van der Waals surface area contributed by atoms with Gasteiger partial charge >= 0.3 is 0 Å². The molecule has 0 amide bonds. The summed E-state index contributed by atoms with van der Waals surface area (Å²) in [6.07, 6.45) is 0. The third kappa shape index (κ3) is 1.55. The molecule has 1 heterocycles. The highest BCUT2D eigenvalue weighted by Gasteiger charge is 2.21. The van der Waals surface area contributed by atoms with E-state index >= 15 is 0 Å². The van der Waals surface area contributed by atoms with Gasteiger partial charge in [0.05, 0.1) is 0 Å². The second-order valence-corrected chi connectivity index (χ2v) is 3.88. The van der Waals surface area contributed by atoms with Crippen LogP contribution in [0.2, 0.25) is 0 Å². The van der Waals surface area contributed by atoms with Crippen LogP contribution in [-0.2, 0) is 10.1 Å². The summed E-state index contributed by atoms with van der Waals surface area (Å²) in [5.74, 6) is -1.53. The summed E-state index contributed by atoms with van der Waals surface area (Å²) in [6.45, 7) is 0. The predicted molar refractivity (Wildman–Crippen MR) is 34.0 cm³/mol. The molecule has 0 radical (unpaired) electrons. The fourth-order valence-corrected chi connectivity index (χ4v) is 2.02. The van der Waals surface area contributed by atoms with E-state index < -0.39 is 26.0 Å². The zero-order chi connectivity index (χ0) is 8.65. The van der Waals surface area contributed by atoms with E-state index in [0.29, 0.717) is 5.38 Å². The highest BCUT2D eigenvalue weighted by Crippen LogP contribution is 2.22. The van der Waals surface area contributed by atoms with Gasteiger partial charge in [-0.05, 0) is 0 Å². The van der Waals surface area contributed by atoms with Crippen molar-refractivity contribution in [2.75, 3.05) is 0 Å². The molecule has 1 aromatic heterocycles. The third-order valence-electron chi connectivity index (χ3n) is 0.936. The first-order valence-corrected chi connectivity index (χ1v) is 4.65. The fourth-order valence-electron chi connectivity index (χ4n) is 0.480. The molecular weight excluding hydrogens is 198 g/mol. The molecule has 0 spiro atoms. The molecule has 0 atom stereocenters. The summed E-state index contributed by atoms with van der Waals surface area (Å²) in [5, 5.41) is -0.558. The Hall–Kier alpha value is -0.530. The van der Waals surface area contributed by atoms with Crippen molar-refractivity contribution in [2.45, 2.75) is 4.90 Å². The Morgan fingerprint density at radius 2 is 2.00 bits per heavy atom. The van der Waals surface area contributed by atoms with Gasteiger partial charge in [-0.25, -0.2) is 4.39 Å². The van der Waals surface area contributed by atoms with Gasteiger partial charge < -0.3 is 0 Å². The van der Waals surface area contributed by atoms with E-state index in [1.54, 1.807) is 0 Å². The highest BCUT2D eigenvalue weighted by molar-refractivity contribution is 7.86. The Kier molecular flexibility index (Phi) is 1.95. The van der Waals surface area contributed by atoms with Crippen LogP contribution in [0.5, 0.6) is 0 Å². The Bertz CT molecular complexity index is 367. The van der Waals surface area contributed by atoms with Crippen LogP contribution < -0.4 is 0 Å². The lowest BCUT2D eigenvalue weighted by atomic mass is 10.6. The quantitative estimate of drug-likeness (QED) is 0.694. The topological polar surface area (TPSA) is 54.4 Å². The largest absolute Gasteiger partial charge is 0.298 e. The molecular formula is C4H2F2O3S2. The van der Waals surface area contributed by atoms with E-state index in [4.69, 9.17) is 4.55 Å². The Balaban J connectivity index is 3.38. The number of thiophene rings is 1. The Morgan fingerprint density at radius 1 is 1.45 bits per heavy atom. The summed E-state index contributed by atoms with van der Waals surface area (Å²) in [7, 11) is -4.62. The van der Waals surface area contributed by atoms with Gasteiger partial charge in [0, 0.05) is 5.38 Å². The van der Waals surface area contributed by atoms with E-state index in [9.17, 15) is 17.2 Å². The van der Waals surface area contributed by atoms with Crippen LogP contribution in [0, 0.1) is 10.9 Å². The number of rotatable bonds is 1. The first-order valence-electron chi connectivity index (χ1n) is 2.33. The predicted octanol–water partition coefficient (Wildman–Crippen LogP) is 1.27. The molecule has 11 heavy (non-hydrogen) atoms. The van der Waals surface area contributed by atoms with E-state index in [0.717, 1.165) is 0 Å². The van der Waals surface area contributed by atoms with Gasteiger partial charge in [-0.2, -0.15) is 12.8 Å². The number of hydrogen-bond donors (Lipinski definition) is 1. The van der Waals surface area contributed by atoms with Gasteiger partial charge in [-0.15, -0.1) is 11.3 Å². The summed E-state index contributed by atoms with van der Waals surface area (Å²) in [6, 6.07) is 0. The summed E-state index contributed by atoms with van der Waals surface area (Å²) in [4.78, 5) is -1.01. The second kappa shape index (κ2) is 2.50. The summed E-state index contributed by atoms with van der Waals surface area (Å²) in [5.41, 5.74) is 0. The SMILES string of the molecule is O=S(=O)(O)c1csc(F)c1F. The lowest BCUT2D eigenvalue weighted by Crippen LogP contribution is -1.98. The van der Waals surface area contributed by atoms with Gasteiger partial charge in [0.15, 0.2) is 5.82 Å². The van der Waals surface area contributed by atoms with Gasteiger partial charge in [0.25, 0.3) is 10.1 Å². The molecule has 0 saturated carbocycles. The van der Waals surface area contributed by atoms with Crippen LogP contribution in [0.1, 0.15) is 0 Å². The molecule has 7 heteroatoms. The smallest absolute Gasteiger partial charge is 0.282 e. The number of halogens is 2. The van der Waals surface area contributed by atoms with Crippen molar-refractivity contribution in [3.63, 3.8) is 0 Å². The van der Waals surface area contributed by atoms with Gasteiger partial charge in [-0.1, -0.05) is 0 Å². The molecule has 1 rings (SSSR count). The van der Waals surface area contributed by atoms with Crippen molar-refractivity contribution in [1.29, 1.82) is 0 Å².